The summed E-state index contributed by atoms with van der Waals surface area (Å²) in [5.74, 6) is 2.50. The van der Waals surface area contributed by atoms with Gasteiger partial charge < -0.3 is 9.73 Å². The van der Waals surface area contributed by atoms with Gasteiger partial charge in [0, 0.05) is 24.4 Å². The molecule has 1 aliphatic heterocycles. The third-order valence-corrected chi connectivity index (χ3v) is 4.52. The van der Waals surface area contributed by atoms with Crippen LogP contribution in [0.4, 0.5) is 5.88 Å². The quantitative estimate of drug-likeness (QED) is 0.851. The maximum Gasteiger partial charge on any atom is 0.240 e. The molecule has 0 radical (unpaired) electrons. The zero-order chi connectivity index (χ0) is 18.0. The van der Waals surface area contributed by atoms with Gasteiger partial charge in [-0.25, -0.2) is 9.67 Å². The van der Waals surface area contributed by atoms with Gasteiger partial charge in [-0.15, -0.1) is 0 Å². The molecule has 0 fully saturated rings. The highest BCUT2D eigenvalue weighted by atomic mass is 16.4. The molecule has 0 unspecified atom stereocenters. The van der Waals surface area contributed by atoms with Crippen LogP contribution >= 0.6 is 0 Å². The summed E-state index contributed by atoms with van der Waals surface area (Å²) < 4.78 is 7.38. The van der Waals surface area contributed by atoms with Crippen molar-refractivity contribution < 1.29 is 9.21 Å². The van der Waals surface area contributed by atoms with E-state index >= 15 is 0 Å². The Labute approximate surface area is 146 Å². The van der Waals surface area contributed by atoms with Crippen molar-refractivity contribution in [3.8, 4) is 6.07 Å². The molecular formula is C17H22N6O2. The third-order valence-electron chi connectivity index (χ3n) is 4.52. The SMILES string of the molecule is CCc1nc2n(n1)C[C@H](NCC(=O)Nc1oc(C)c(C)c1C#N)CC2. The Morgan fingerprint density at radius 3 is 3.00 bits per heavy atom. The first-order chi connectivity index (χ1) is 12.0. The zero-order valence-electron chi connectivity index (χ0n) is 14.7. The van der Waals surface area contributed by atoms with Crippen molar-refractivity contribution in [1.29, 1.82) is 5.26 Å². The number of nitriles is 1. The number of fused-ring (bicyclic) bond motifs is 1. The van der Waals surface area contributed by atoms with Crippen molar-refractivity contribution in [2.75, 3.05) is 11.9 Å². The van der Waals surface area contributed by atoms with Crippen LogP contribution in [-0.4, -0.2) is 33.3 Å². The fourth-order valence-corrected chi connectivity index (χ4v) is 2.93. The molecule has 2 aromatic heterocycles. The predicted molar refractivity (Wildman–Crippen MR) is 91.0 cm³/mol. The van der Waals surface area contributed by atoms with Crippen LogP contribution in [0.2, 0.25) is 0 Å². The van der Waals surface area contributed by atoms with Gasteiger partial charge in [0.15, 0.2) is 5.82 Å². The van der Waals surface area contributed by atoms with Crippen molar-refractivity contribution in [2.45, 2.75) is 52.6 Å². The maximum absolute atomic E-state index is 12.2. The molecule has 132 valence electrons. The second-order valence-corrected chi connectivity index (χ2v) is 6.24. The smallest absolute Gasteiger partial charge is 0.240 e. The lowest BCUT2D eigenvalue weighted by Gasteiger charge is -2.23. The van der Waals surface area contributed by atoms with Crippen LogP contribution in [0.3, 0.4) is 0 Å². The lowest BCUT2D eigenvalue weighted by molar-refractivity contribution is -0.115. The fourth-order valence-electron chi connectivity index (χ4n) is 2.93. The molecule has 0 saturated heterocycles. The van der Waals surface area contributed by atoms with Crippen LogP contribution in [0.5, 0.6) is 0 Å². The van der Waals surface area contributed by atoms with Gasteiger partial charge in [0.2, 0.25) is 11.8 Å². The van der Waals surface area contributed by atoms with Gasteiger partial charge in [0.25, 0.3) is 0 Å². The van der Waals surface area contributed by atoms with Gasteiger partial charge in [-0.3, -0.25) is 10.1 Å². The molecular weight excluding hydrogens is 320 g/mol. The van der Waals surface area contributed by atoms with Gasteiger partial charge in [-0.1, -0.05) is 6.92 Å². The Kier molecular flexibility index (Phi) is 4.86. The van der Waals surface area contributed by atoms with Crippen LogP contribution in [0, 0.1) is 25.2 Å². The summed E-state index contributed by atoms with van der Waals surface area (Å²) in [4.78, 5) is 16.6. The van der Waals surface area contributed by atoms with Crippen molar-refractivity contribution >= 4 is 11.8 Å². The van der Waals surface area contributed by atoms with E-state index in [9.17, 15) is 10.1 Å². The van der Waals surface area contributed by atoms with Crippen LogP contribution in [0.25, 0.3) is 0 Å². The van der Waals surface area contributed by atoms with E-state index in [2.05, 4.69) is 26.8 Å². The van der Waals surface area contributed by atoms with Gasteiger partial charge in [-0.2, -0.15) is 10.4 Å². The largest absolute Gasteiger partial charge is 0.444 e. The normalized spacial score (nSPS) is 16.3. The highest BCUT2D eigenvalue weighted by molar-refractivity contribution is 5.92. The summed E-state index contributed by atoms with van der Waals surface area (Å²) in [5, 5.41) is 19.6. The van der Waals surface area contributed by atoms with E-state index in [0.29, 0.717) is 17.9 Å². The maximum atomic E-state index is 12.2. The molecule has 1 amide bonds. The molecule has 0 bridgehead atoms. The van der Waals surface area contributed by atoms with E-state index in [-0.39, 0.29) is 24.4 Å². The number of carbonyl (C=O) groups excluding carboxylic acids is 1. The molecule has 25 heavy (non-hydrogen) atoms. The van der Waals surface area contributed by atoms with Crippen molar-refractivity contribution in [2.24, 2.45) is 0 Å². The predicted octanol–water partition coefficient (Wildman–Crippen LogP) is 1.47. The number of hydrogen-bond acceptors (Lipinski definition) is 6. The van der Waals surface area contributed by atoms with E-state index in [4.69, 9.17) is 4.42 Å². The summed E-state index contributed by atoms with van der Waals surface area (Å²) in [5.41, 5.74) is 1.13. The van der Waals surface area contributed by atoms with E-state index in [0.717, 1.165) is 36.5 Å². The average Bonchev–Trinajstić information content (AvgIpc) is 3.13. The first kappa shape index (κ1) is 17.2. The first-order valence-corrected chi connectivity index (χ1v) is 8.47. The molecule has 0 aliphatic carbocycles. The number of anilines is 1. The number of nitrogens with one attached hydrogen (secondary N) is 2. The molecule has 2 N–H and O–H groups in total. The molecule has 0 spiro atoms. The fraction of sp³-hybridized carbons (Fsp3) is 0.529. The van der Waals surface area contributed by atoms with Gasteiger partial charge in [0.05, 0.1) is 13.1 Å². The zero-order valence-corrected chi connectivity index (χ0v) is 14.7. The van der Waals surface area contributed by atoms with Crippen LogP contribution in [0.1, 0.15) is 41.9 Å². The standard InChI is InChI=1S/C17H22N6O2/c1-4-14-20-15-6-5-12(9-23(15)22-14)19-8-16(24)21-17-13(7-18)10(2)11(3)25-17/h12,19H,4-6,8-9H2,1-3H3,(H,21,24)/t12-/m1/s1. The van der Waals surface area contributed by atoms with E-state index < -0.39 is 0 Å². The minimum atomic E-state index is -0.233. The number of amides is 1. The second kappa shape index (κ2) is 7.07. The molecule has 1 aliphatic rings. The number of carbonyl (C=O) groups is 1. The van der Waals surface area contributed by atoms with E-state index in [1.165, 1.54) is 0 Å². The molecule has 3 rings (SSSR count). The molecule has 3 heterocycles. The molecule has 2 aromatic rings. The highest BCUT2D eigenvalue weighted by Gasteiger charge is 2.22. The Morgan fingerprint density at radius 1 is 1.48 bits per heavy atom. The number of furan rings is 1. The van der Waals surface area contributed by atoms with Crippen molar-refractivity contribution in [3.63, 3.8) is 0 Å². The Bertz CT molecular complexity index is 829. The molecule has 0 saturated carbocycles. The monoisotopic (exact) mass is 342 g/mol. The second-order valence-electron chi connectivity index (χ2n) is 6.24. The number of hydrogen-bond donors (Lipinski definition) is 2. The topological polar surface area (TPSA) is 109 Å². The van der Waals surface area contributed by atoms with Crippen molar-refractivity contribution in [3.05, 3.63) is 28.5 Å². The van der Waals surface area contributed by atoms with Crippen LogP contribution in [-0.2, 0) is 24.2 Å². The summed E-state index contributed by atoms with van der Waals surface area (Å²) in [7, 11) is 0. The summed E-state index contributed by atoms with van der Waals surface area (Å²) in [6, 6.07) is 2.23. The minimum Gasteiger partial charge on any atom is -0.444 e. The number of aromatic nitrogens is 3. The molecule has 1 atom stereocenters. The first-order valence-electron chi connectivity index (χ1n) is 8.47. The Balaban J connectivity index is 1.55. The lowest BCUT2D eigenvalue weighted by Crippen LogP contribution is -2.41. The molecule has 8 nitrogen and oxygen atoms in total. The summed E-state index contributed by atoms with van der Waals surface area (Å²) in [6.07, 6.45) is 2.59. The van der Waals surface area contributed by atoms with Gasteiger partial charge in [-0.05, 0) is 20.3 Å². The van der Waals surface area contributed by atoms with E-state index in [1.807, 2.05) is 11.6 Å². The average molecular weight is 342 g/mol. The third kappa shape index (κ3) is 3.56. The lowest BCUT2D eigenvalue weighted by atomic mass is 10.1. The van der Waals surface area contributed by atoms with Crippen molar-refractivity contribution in [1.82, 2.24) is 20.1 Å². The van der Waals surface area contributed by atoms with Crippen LogP contribution < -0.4 is 10.6 Å². The highest BCUT2D eigenvalue weighted by Crippen LogP contribution is 2.25. The van der Waals surface area contributed by atoms with Gasteiger partial charge in [0.1, 0.15) is 23.2 Å². The minimum absolute atomic E-state index is 0.152. The Hall–Kier alpha value is -2.66. The number of rotatable bonds is 5. The van der Waals surface area contributed by atoms with Crippen LogP contribution in [0.15, 0.2) is 4.42 Å². The summed E-state index contributed by atoms with van der Waals surface area (Å²) in [6.45, 7) is 6.46. The Morgan fingerprint density at radius 2 is 2.28 bits per heavy atom. The van der Waals surface area contributed by atoms with E-state index in [1.54, 1.807) is 13.8 Å². The van der Waals surface area contributed by atoms with Gasteiger partial charge >= 0.3 is 0 Å². The number of nitrogens with zero attached hydrogens (tertiary/aromatic N) is 4. The molecule has 0 aromatic carbocycles. The summed E-state index contributed by atoms with van der Waals surface area (Å²) >= 11 is 0. The molecule has 8 heteroatoms. The number of aryl methyl sites for hydroxylation is 3.